The molecule has 3 aromatic heterocycles. The van der Waals surface area contributed by atoms with Crippen molar-refractivity contribution in [3.05, 3.63) is 29.9 Å². The highest BCUT2D eigenvalue weighted by Crippen LogP contribution is 2.17. The van der Waals surface area contributed by atoms with E-state index in [1.165, 1.54) is 6.33 Å². The second kappa shape index (κ2) is 8.83. The molecule has 10 heteroatoms. The largest absolute Gasteiger partial charge is 0.263 e. The quantitative estimate of drug-likeness (QED) is 0.548. The molecule has 150 valence electrons. The predicted molar refractivity (Wildman–Crippen MR) is 103 cm³/mol. The van der Waals surface area contributed by atoms with E-state index in [0.717, 1.165) is 17.3 Å². The average molecular weight is 377 g/mol. The molecule has 3 aromatic rings. The number of tetrazole rings is 1. The van der Waals surface area contributed by atoms with Crippen LogP contribution >= 0.6 is 0 Å². The fourth-order valence-corrected chi connectivity index (χ4v) is 1.61. The molecule has 3 rings (SSSR count). The maximum absolute atomic E-state index is 4.02. The zero-order chi connectivity index (χ0) is 20.7. The zero-order valence-electron chi connectivity index (χ0n) is 17.8. The minimum atomic E-state index is 0.00694. The molecule has 0 aliphatic heterocycles. The van der Waals surface area contributed by atoms with Gasteiger partial charge in [0.15, 0.2) is 5.82 Å². The Balaban J connectivity index is 0.000000202. The molecule has 0 radical (unpaired) electrons. The standard InChI is InChI=1S/2C6H11N3.C5H10N4/c1-6(2,3)5-7-4-8-9-5;1-6(2,3)5-4-7-9-8-5;1-5(2,3)4-6-8-9-7-4/h2*4H,1-3H3,(H,7,8,9);1-3H3,(H,6,7,8,9). The van der Waals surface area contributed by atoms with E-state index in [9.17, 15) is 0 Å². The van der Waals surface area contributed by atoms with Crippen LogP contribution in [0.5, 0.6) is 0 Å². The molecular formula is C17H32N10. The van der Waals surface area contributed by atoms with E-state index in [4.69, 9.17) is 0 Å². The number of aromatic amines is 3. The fraction of sp³-hybridized carbons (Fsp3) is 0.706. The fourth-order valence-electron chi connectivity index (χ4n) is 1.61. The van der Waals surface area contributed by atoms with E-state index in [-0.39, 0.29) is 16.2 Å². The first-order chi connectivity index (χ1) is 12.3. The van der Waals surface area contributed by atoms with Gasteiger partial charge in [-0.2, -0.15) is 25.7 Å². The number of H-pyrrole nitrogens is 3. The van der Waals surface area contributed by atoms with Gasteiger partial charge in [-0.3, -0.25) is 5.10 Å². The van der Waals surface area contributed by atoms with Crippen molar-refractivity contribution in [2.45, 2.75) is 78.6 Å². The van der Waals surface area contributed by atoms with E-state index in [2.05, 4.69) is 92.8 Å². The van der Waals surface area contributed by atoms with Gasteiger partial charge in [0.1, 0.15) is 12.2 Å². The van der Waals surface area contributed by atoms with Gasteiger partial charge in [0.2, 0.25) is 0 Å². The molecule has 0 aliphatic carbocycles. The van der Waals surface area contributed by atoms with Crippen LogP contribution in [0.1, 0.15) is 79.7 Å². The second-order valence-corrected chi connectivity index (χ2v) is 9.17. The van der Waals surface area contributed by atoms with E-state index in [0.29, 0.717) is 0 Å². The summed E-state index contributed by atoms with van der Waals surface area (Å²) in [5.41, 5.74) is 1.22. The first kappa shape index (κ1) is 22.4. The Morgan fingerprint density at radius 3 is 1.63 bits per heavy atom. The summed E-state index contributed by atoms with van der Waals surface area (Å²) in [6, 6.07) is 0. The average Bonchev–Trinajstić information content (AvgIpc) is 3.28. The first-order valence-corrected chi connectivity index (χ1v) is 8.78. The van der Waals surface area contributed by atoms with E-state index in [1.807, 2.05) is 20.8 Å². The molecule has 0 aromatic carbocycles. The van der Waals surface area contributed by atoms with Crippen molar-refractivity contribution in [2.24, 2.45) is 0 Å². The van der Waals surface area contributed by atoms with Crippen molar-refractivity contribution in [2.75, 3.05) is 0 Å². The lowest BCUT2D eigenvalue weighted by Crippen LogP contribution is -2.13. The summed E-state index contributed by atoms with van der Waals surface area (Å²) in [4.78, 5) is 4.02. The van der Waals surface area contributed by atoms with Gasteiger partial charge in [0, 0.05) is 16.2 Å². The Hall–Kier alpha value is -2.65. The smallest absolute Gasteiger partial charge is 0.179 e. The lowest BCUT2D eigenvalue weighted by molar-refractivity contribution is 0.546. The van der Waals surface area contributed by atoms with E-state index >= 15 is 0 Å². The van der Waals surface area contributed by atoms with Crippen LogP contribution in [0.15, 0.2) is 12.5 Å². The van der Waals surface area contributed by atoms with Gasteiger partial charge in [-0.05, 0) is 0 Å². The number of nitrogens with one attached hydrogen (secondary N) is 3. The third-order valence-corrected chi connectivity index (χ3v) is 3.33. The maximum Gasteiger partial charge on any atom is 0.179 e. The van der Waals surface area contributed by atoms with E-state index in [1.54, 1.807) is 6.20 Å². The molecule has 0 unspecified atom stereocenters. The molecule has 0 saturated carbocycles. The molecule has 3 N–H and O–H groups in total. The number of nitrogens with zero attached hydrogens (tertiary/aromatic N) is 7. The van der Waals surface area contributed by atoms with Gasteiger partial charge in [-0.1, -0.05) is 67.5 Å². The Labute approximate surface area is 160 Å². The minimum Gasteiger partial charge on any atom is -0.263 e. The molecule has 27 heavy (non-hydrogen) atoms. The third-order valence-electron chi connectivity index (χ3n) is 3.33. The Bertz CT molecular complexity index is 618. The van der Waals surface area contributed by atoms with Gasteiger partial charge in [-0.15, -0.1) is 10.2 Å². The third kappa shape index (κ3) is 8.06. The summed E-state index contributed by atoms with van der Waals surface area (Å²) in [6.07, 6.45) is 3.28. The van der Waals surface area contributed by atoms with Gasteiger partial charge >= 0.3 is 0 Å². The SMILES string of the molecule is CC(C)(C)c1cn[nH]n1.CC(C)(C)c1ncn[nH]1.CC(C)(C)c1nn[nH]n1. The van der Waals surface area contributed by atoms with Crippen molar-refractivity contribution < 1.29 is 0 Å². The number of hydrogen-bond donors (Lipinski definition) is 3. The summed E-state index contributed by atoms with van der Waals surface area (Å²) in [6.45, 7) is 18.7. The van der Waals surface area contributed by atoms with Crippen molar-refractivity contribution in [1.29, 1.82) is 0 Å². The number of hydrogen-bond acceptors (Lipinski definition) is 7. The molecule has 0 atom stereocenters. The predicted octanol–water partition coefficient (Wildman–Crippen LogP) is 2.70. The van der Waals surface area contributed by atoms with Crippen LogP contribution in [0.25, 0.3) is 0 Å². The van der Waals surface area contributed by atoms with Crippen molar-refractivity contribution in [3.8, 4) is 0 Å². The Morgan fingerprint density at radius 1 is 0.741 bits per heavy atom. The number of rotatable bonds is 0. The van der Waals surface area contributed by atoms with Crippen LogP contribution < -0.4 is 0 Å². The van der Waals surface area contributed by atoms with Crippen LogP contribution in [0.4, 0.5) is 0 Å². The lowest BCUT2D eigenvalue weighted by Gasteiger charge is -2.12. The molecule has 0 spiro atoms. The zero-order valence-corrected chi connectivity index (χ0v) is 17.8. The first-order valence-electron chi connectivity index (χ1n) is 8.78. The highest BCUT2D eigenvalue weighted by molar-refractivity contribution is 5.04. The molecule has 10 nitrogen and oxygen atoms in total. The second-order valence-electron chi connectivity index (χ2n) is 9.17. The normalized spacial score (nSPS) is 11.9. The summed E-state index contributed by atoms with van der Waals surface area (Å²) in [5.74, 6) is 1.69. The van der Waals surface area contributed by atoms with Crippen LogP contribution in [0, 0.1) is 0 Å². The van der Waals surface area contributed by atoms with Gasteiger partial charge in [0.25, 0.3) is 0 Å². The summed E-state index contributed by atoms with van der Waals surface area (Å²) < 4.78 is 0. The van der Waals surface area contributed by atoms with Crippen molar-refractivity contribution in [3.63, 3.8) is 0 Å². The molecule has 0 bridgehead atoms. The van der Waals surface area contributed by atoms with Crippen molar-refractivity contribution in [1.82, 2.24) is 51.2 Å². The molecule has 0 saturated heterocycles. The van der Waals surface area contributed by atoms with Gasteiger partial charge in [0.05, 0.1) is 11.9 Å². The maximum atomic E-state index is 4.02. The van der Waals surface area contributed by atoms with Gasteiger partial charge in [-0.25, -0.2) is 4.98 Å². The molecule has 0 fully saturated rings. The van der Waals surface area contributed by atoms with Crippen molar-refractivity contribution >= 4 is 0 Å². The Kier molecular flexibility index (Phi) is 7.32. The molecule has 0 aliphatic rings. The minimum absolute atomic E-state index is 0.00694. The summed E-state index contributed by atoms with van der Waals surface area (Å²) >= 11 is 0. The topological polar surface area (TPSA) is 138 Å². The van der Waals surface area contributed by atoms with Crippen LogP contribution in [-0.2, 0) is 16.2 Å². The number of aromatic nitrogens is 10. The highest BCUT2D eigenvalue weighted by Gasteiger charge is 2.18. The molecular weight excluding hydrogens is 344 g/mol. The van der Waals surface area contributed by atoms with E-state index < -0.39 is 0 Å². The monoisotopic (exact) mass is 376 g/mol. The van der Waals surface area contributed by atoms with Crippen LogP contribution in [-0.4, -0.2) is 51.2 Å². The van der Waals surface area contributed by atoms with Crippen LogP contribution in [0.2, 0.25) is 0 Å². The summed E-state index contributed by atoms with van der Waals surface area (Å²) in [5, 5.41) is 30.3. The lowest BCUT2D eigenvalue weighted by atomic mass is 9.93. The van der Waals surface area contributed by atoms with Crippen LogP contribution in [0.3, 0.4) is 0 Å². The van der Waals surface area contributed by atoms with Gasteiger partial charge < -0.3 is 0 Å². The summed E-state index contributed by atoms with van der Waals surface area (Å²) in [7, 11) is 0. The highest BCUT2D eigenvalue weighted by atomic mass is 15.5. The molecule has 3 heterocycles. The Morgan fingerprint density at radius 2 is 1.41 bits per heavy atom. The molecule has 0 amide bonds.